The Balaban J connectivity index is 2.69. The van der Waals surface area contributed by atoms with Gasteiger partial charge in [-0.3, -0.25) is 4.79 Å². The Hall–Kier alpha value is -0.740. The molecule has 0 aliphatic carbocycles. The van der Waals surface area contributed by atoms with Crippen molar-refractivity contribution in [2.45, 2.75) is 44.2 Å². The minimum atomic E-state index is -3.93. The molecule has 124 valence electrons. The minimum Gasteiger partial charge on any atom is -0.480 e. The molecule has 0 amide bonds. The number of rotatable bonds is 8. The molecular formula is C12H24N2O6S. The van der Waals surface area contributed by atoms with Crippen LogP contribution in [0.3, 0.4) is 0 Å². The second kappa shape index (κ2) is 7.50. The zero-order valence-electron chi connectivity index (χ0n) is 12.4. The van der Waals surface area contributed by atoms with Gasteiger partial charge in [-0.25, -0.2) is 0 Å². The van der Waals surface area contributed by atoms with Crippen LogP contribution in [-0.4, -0.2) is 67.4 Å². The molecule has 1 rings (SSSR count). The van der Waals surface area contributed by atoms with Crippen molar-refractivity contribution in [1.29, 1.82) is 0 Å². The first-order chi connectivity index (χ1) is 9.69. The standard InChI is InChI=1S/C12H24N2O6S/c1-12(17,6-8-20-2)9-13-21(18,19)14-7-4-3-5-10(14)11(15)16/h10,13,17H,3-9H2,1-2H3,(H,15,16). The van der Waals surface area contributed by atoms with Crippen LogP contribution >= 0.6 is 0 Å². The number of aliphatic hydroxyl groups is 1. The predicted octanol–water partition coefficient (Wildman–Crippen LogP) is -0.453. The lowest BCUT2D eigenvalue weighted by atomic mass is 10.0. The minimum absolute atomic E-state index is 0.173. The highest BCUT2D eigenvalue weighted by molar-refractivity contribution is 7.87. The van der Waals surface area contributed by atoms with E-state index < -0.39 is 27.8 Å². The number of piperidine rings is 1. The van der Waals surface area contributed by atoms with Crippen molar-refractivity contribution in [1.82, 2.24) is 9.03 Å². The van der Waals surface area contributed by atoms with Crippen molar-refractivity contribution < 1.29 is 28.2 Å². The van der Waals surface area contributed by atoms with Crippen molar-refractivity contribution in [3.63, 3.8) is 0 Å². The molecule has 1 aliphatic heterocycles. The van der Waals surface area contributed by atoms with Crippen LogP contribution in [0.1, 0.15) is 32.6 Å². The van der Waals surface area contributed by atoms with Crippen molar-refractivity contribution in [3.8, 4) is 0 Å². The van der Waals surface area contributed by atoms with E-state index in [0.29, 0.717) is 25.9 Å². The summed E-state index contributed by atoms with van der Waals surface area (Å²) in [6.45, 7) is 1.78. The smallest absolute Gasteiger partial charge is 0.322 e. The molecule has 0 aromatic heterocycles. The van der Waals surface area contributed by atoms with Gasteiger partial charge in [-0.2, -0.15) is 17.4 Å². The maximum absolute atomic E-state index is 12.2. The summed E-state index contributed by atoms with van der Waals surface area (Å²) in [6, 6.07) is -1.04. The van der Waals surface area contributed by atoms with Crippen molar-refractivity contribution in [2.75, 3.05) is 26.8 Å². The fraction of sp³-hybridized carbons (Fsp3) is 0.917. The number of carbonyl (C=O) groups is 1. The summed E-state index contributed by atoms with van der Waals surface area (Å²) in [4.78, 5) is 11.2. The van der Waals surface area contributed by atoms with E-state index in [1.165, 1.54) is 14.0 Å². The molecule has 2 unspecified atom stereocenters. The van der Waals surface area contributed by atoms with E-state index >= 15 is 0 Å². The fourth-order valence-electron chi connectivity index (χ4n) is 2.18. The highest BCUT2D eigenvalue weighted by atomic mass is 32.2. The van der Waals surface area contributed by atoms with Gasteiger partial charge < -0.3 is 14.9 Å². The molecule has 8 nitrogen and oxygen atoms in total. The molecule has 0 saturated carbocycles. The maximum atomic E-state index is 12.2. The SMILES string of the molecule is COCCC(C)(O)CNS(=O)(=O)N1CCCCC1C(=O)O. The van der Waals surface area contributed by atoms with Crippen LogP contribution in [0.2, 0.25) is 0 Å². The summed E-state index contributed by atoms with van der Waals surface area (Å²) < 4.78 is 32.6. The highest BCUT2D eigenvalue weighted by Crippen LogP contribution is 2.20. The first kappa shape index (κ1) is 18.3. The normalized spacial score (nSPS) is 23.7. The predicted molar refractivity (Wildman–Crippen MR) is 76.0 cm³/mol. The molecule has 0 aromatic carbocycles. The molecule has 9 heteroatoms. The van der Waals surface area contributed by atoms with Gasteiger partial charge in [0.2, 0.25) is 0 Å². The second-order valence-corrected chi connectivity index (χ2v) is 7.23. The molecule has 1 aliphatic rings. The lowest BCUT2D eigenvalue weighted by Crippen LogP contribution is -2.54. The van der Waals surface area contributed by atoms with Gasteiger partial charge in [0, 0.05) is 33.2 Å². The van der Waals surface area contributed by atoms with E-state index in [0.717, 1.165) is 4.31 Å². The molecule has 1 heterocycles. The van der Waals surface area contributed by atoms with Gasteiger partial charge in [0.15, 0.2) is 0 Å². The number of ether oxygens (including phenoxy) is 1. The lowest BCUT2D eigenvalue weighted by molar-refractivity contribution is -0.142. The van der Waals surface area contributed by atoms with Crippen LogP contribution in [0.25, 0.3) is 0 Å². The van der Waals surface area contributed by atoms with Crippen LogP contribution in [0.15, 0.2) is 0 Å². The monoisotopic (exact) mass is 324 g/mol. The van der Waals surface area contributed by atoms with Crippen LogP contribution in [0, 0.1) is 0 Å². The Kier molecular flexibility index (Phi) is 6.54. The summed E-state index contributed by atoms with van der Waals surface area (Å²) >= 11 is 0. The van der Waals surface area contributed by atoms with Crippen LogP contribution in [0.4, 0.5) is 0 Å². The average Bonchev–Trinajstić information content (AvgIpc) is 2.43. The molecule has 1 fully saturated rings. The quantitative estimate of drug-likeness (QED) is 0.557. The van der Waals surface area contributed by atoms with Crippen molar-refractivity contribution >= 4 is 16.2 Å². The number of hydrogen-bond donors (Lipinski definition) is 3. The van der Waals surface area contributed by atoms with Gasteiger partial charge in [0.1, 0.15) is 6.04 Å². The maximum Gasteiger partial charge on any atom is 0.322 e. The Morgan fingerprint density at radius 1 is 1.48 bits per heavy atom. The number of carboxylic acids is 1. The van der Waals surface area contributed by atoms with Gasteiger partial charge in [0.25, 0.3) is 10.2 Å². The molecule has 1 saturated heterocycles. The molecule has 0 bridgehead atoms. The zero-order chi connectivity index (χ0) is 16.1. The summed E-state index contributed by atoms with van der Waals surface area (Å²) in [5.41, 5.74) is -1.25. The Morgan fingerprint density at radius 3 is 2.71 bits per heavy atom. The third-order valence-electron chi connectivity index (χ3n) is 3.53. The van der Waals surface area contributed by atoms with Crippen molar-refractivity contribution in [3.05, 3.63) is 0 Å². The Bertz CT molecular complexity index is 451. The van der Waals surface area contributed by atoms with Gasteiger partial charge in [-0.05, 0) is 26.2 Å². The summed E-state index contributed by atoms with van der Waals surface area (Å²) in [7, 11) is -2.44. The van der Waals surface area contributed by atoms with E-state index in [4.69, 9.17) is 9.84 Å². The van der Waals surface area contributed by atoms with E-state index in [1.807, 2.05) is 0 Å². The summed E-state index contributed by atoms with van der Waals surface area (Å²) in [5.74, 6) is -1.15. The van der Waals surface area contributed by atoms with Gasteiger partial charge in [-0.1, -0.05) is 0 Å². The van der Waals surface area contributed by atoms with Gasteiger partial charge in [0.05, 0.1) is 5.60 Å². The van der Waals surface area contributed by atoms with Gasteiger partial charge in [-0.15, -0.1) is 0 Å². The number of carboxylic acid groups (broad SMARTS) is 1. The number of hydrogen-bond acceptors (Lipinski definition) is 5. The third-order valence-corrected chi connectivity index (χ3v) is 5.09. The molecule has 2 atom stereocenters. The van der Waals surface area contributed by atoms with Crippen LogP contribution in [-0.2, 0) is 19.7 Å². The Morgan fingerprint density at radius 2 is 2.14 bits per heavy atom. The summed E-state index contributed by atoms with van der Waals surface area (Å²) in [5, 5.41) is 19.2. The largest absolute Gasteiger partial charge is 0.480 e. The van der Waals surface area contributed by atoms with E-state index in [-0.39, 0.29) is 19.5 Å². The van der Waals surface area contributed by atoms with E-state index in [1.54, 1.807) is 0 Å². The highest BCUT2D eigenvalue weighted by Gasteiger charge is 2.37. The average molecular weight is 324 g/mol. The third kappa shape index (κ3) is 5.51. The fourth-order valence-corrected chi connectivity index (χ4v) is 3.74. The molecule has 3 N–H and O–H groups in total. The van der Waals surface area contributed by atoms with Crippen molar-refractivity contribution in [2.24, 2.45) is 0 Å². The molecular weight excluding hydrogens is 300 g/mol. The van der Waals surface area contributed by atoms with Crippen LogP contribution in [0.5, 0.6) is 0 Å². The molecule has 0 aromatic rings. The second-order valence-electron chi connectivity index (χ2n) is 5.53. The first-order valence-electron chi connectivity index (χ1n) is 6.90. The topological polar surface area (TPSA) is 116 Å². The van der Waals surface area contributed by atoms with Crippen LogP contribution < -0.4 is 4.72 Å². The Labute approximate surface area is 125 Å². The number of nitrogens with one attached hydrogen (secondary N) is 1. The molecule has 21 heavy (non-hydrogen) atoms. The first-order valence-corrected chi connectivity index (χ1v) is 8.34. The summed E-state index contributed by atoms with van der Waals surface area (Å²) in [6.07, 6.45) is 1.89. The lowest BCUT2D eigenvalue weighted by Gasteiger charge is -2.33. The number of methoxy groups -OCH3 is 1. The molecule has 0 radical (unpaired) electrons. The van der Waals surface area contributed by atoms with E-state index in [2.05, 4.69) is 4.72 Å². The number of aliphatic carboxylic acids is 1. The zero-order valence-corrected chi connectivity index (χ0v) is 13.2. The van der Waals surface area contributed by atoms with Gasteiger partial charge >= 0.3 is 5.97 Å². The number of nitrogens with zero attached hydrogens (tertiary/aromatic N) is 1. The van der Waals surface area contributed by atoms with E-state index in [9.17, 15) is 18.3 Å². The molecule has 0 spiro atoms.